The zero-order chi connectivity index (χ0) is 14.3. The molecule has 0 saturated heterocycles. The highest BCUT2D eigenvalue weighted by Crippen LogP contribution is 2.36. The molecule has 1 aliphatic heterocycles. The van der Waals surface area contributed by atoms with Crippen molar-refractivity contribution in [2.75, 3.05) is 6.26 Å². The summed E-state index contributed by atoms with van der Waals surface area (Å²) in [5.74, 6) is -1.86. The number of Topliss-reactive ketones (excluding diaryl/α,β-unsaturated/α-hetero) is 1. The second-order valence-corrected chi connectivity index (χ2v) is 6.13. The van der Waals surface area contributed by atoms with Gasteiger partial charge in [0.15, 0.2) is 5.60 Å². The van der Waals surface area contributed by atoms with Gasteiger partial charge in [-0.1, -0.05) is 30.3 Å². The lowest BCUT2D eigenvalue weighted by Gasteiger charge is -2.23. The fourth-order valence-corrected chi connectivity index (χ4v) is 2.29. The predicted molar refractivity (Wildman–Crippen MR) is 67.5 cm³/mol. The van der Waals surface area contributed by atoms with Crippen molar-refractivity contribution in [1.29, 1.82) is 0 Å². The Balaban J connectivity index is 2.39. The van der Waals surface area contributed by atoms with Gasteiger partial charge in [0, 0.05) is 5.56 Å². The number of aliphatic hydroxyl groups excluding tert-OH is 1. The van der Waals surface area contributed by atoms with E-state index in [-0.39, 0.29) is 0 Å². The van der Waals surface area contributed by atoms with Crippen LogP contribution in [0.5, 0.6) is 0 Å². The molecule has 1 aromatic carbocycles. The lowest BCUT2D eigenvalue weighted by Crippen LogP contribution is -2.32. The Morgan fingerprint density at radius 2 is 1.84 bits per heavy atom. The summed E-state index contributed by atoms with van der Waals surface area (Å²) < 4.78 is 29.6. The number of ketones is 1. The second kappa shape index (κ2) is 4.27. The van der Waals surface area contributed by atoms with Crippen LogP contribution < -0.4 is 4.72 Å². The lowest BCUT2D eigenvalue weighted by molar-refractivity contribution is -0.131. The summed E-state index contributed by atoms with van der Waals surface area (Å²) in [6.07, 6.45) is 0.902. The van der Waals surface area contributed by atoms with E-state index in [0.29, 0.717) is 5.56 Å². The molecule has 0 saturated carbocycles. The fourth-order valence-electron chi connectivity index (χ4n) is 1.81. The van der Waals surface area contributed by atoms with Crippen LogP contribution in [-0.4, -0.2) is 25.6 Å². The van der Waals surface area contributed by atoms with Crippen LogP contribution in [0.1, 0.15) is 12.5 Å². The molecule has 0 fully saturated rings. The number of benzene rings is 1. The Labute approximate surface area is 110 Å². The summed E-state index contributed by atoms with van der Waals surface area (Å²) >= 11 is 0. The molecule has 0 aromatic heterocycles. The van der Waals surface area contributed by atoms with Crippen LogP contribution >= 0.6 is 0 Å². The van der Waals surface area contributed by atoms with E-state index >= 15 is 0 Å². The summed E-state index contributed by atoms with van der Waals surface area (Å²) in [6.45, 7) is 1.47. The molecule has 0 amide bonds. The molecule has 1 aromatic rings. The van der Waals surface area contributed by atoms with Gasteiger partial charge in [-0.25, -0.2) is 8.42 Å². The number of aliphatic hydroxyl groups is 1. The van der Waals surface area contributed by atoms with Gasteiger partial charge >= 0.3 is 0 Å². The average molecular weight is 283 g/mol. The first kappa shape index (κ1) is 13.4. The van der Waals surface area contributed by atoms with Gasteiger partial charge in [-0.2, -0.15) is 0 Å². The van der Waals surface area contributed by atoms with E-state index in [2.05, 4.69) is 0 Å². The molecule has 2 rings (SSSR count). The molecule has 2 N–H and O–H groups in total. The average Bonchev–Trinajstić information content (AvgIpc) is 2.54. The standard InChI is InChI=1S/C12H13NO5S/c1-12(8-6-4-3-5-7-8)10(15)9(14)11(18-12)13-19(2,16)17/h3-7,13-14H,1-2H3. The van der Waals surface area contributed by atoms with Crippen LogP contribution in [0.25, 0.3) is 0 Å². The molecule has 1 atom stereocenters. The second-order valence-electron chi connectivity index (χ2n) is 4.38. The molecule has 1 unspecified atom stereocenters. The van der Waals surface area contributed by atoms with E-state index in [0.717, 1.165) is 6.26 Å². The first-order valence-electron chi connectivity index (χ1n) is 5.44. The molecule has 1 heterocycles. The van der Waals surface area contributed by atoms with Crippen molar-refractivity contribution in [3.05, 3.63) is 47.5 Å². The van der Waals surface area contributed by atoms with Crippen LogP contribution in [0, 0.1) is 0 Å². The minimum Gasteiger partial charge on any atom is -0.501 e. The molecule has 19 heavy (non-hydrogen) atoms. The van der Waals surface area contributed by atoms with E-state index in [9.17, 15) is 18.3 Å². The fraction of sp³-hybridized carbons (Fsp3) is 0.250. The normalized spacial score (nSPS) is 23.4. The number of ether oxygens (including phenoxy) is 1. The number of hydrogen-bond acceptors (Lipinski definition) is 5. The molecular formula is C12H13NO5S. The summed E-state index contributed by atoms with van der Waals surface area (Å²) in [5, 5.41) is 9.70. The first-order chi connectivity index (χ1) is 8.74. The highest BCUT2D eigenvalue weighted by Gasteiger charge is 2.48. The molecule has 6 nitrogen and oxygen atoms in total. The van der Waals surface area contributed by atoms with E-state index < -0.39 is 33.0 Å². The van der Waals surface area contributed by atoms with Crippen LogP contribution in [0.4, 0.5) is 0 Å². The van der Waals surface area contributed by atoms with Crippen molar-refractivity contribution < 1.29 is 23.1 Å². The zero-order valence-corrected chi connectivity index (χ0v) is 11.2. The minimum absolute atomic E-state index is 0.446. The third kappa shape index (κ3) is 2.41. The maximum absolute atomic E-state index is 12.1. The largest absolute Gasteiger partial charge is 0.501 e. The van der Waals surface area contributed by atoms with E-state index in [1.165, 1.54) is 6.92 Å². The Hall–Kier alpha value is -2.02. The molecule has 102 valence electrons. The highest BCUT2D eigenvalue weighted by atomic mass is 32.2. The smallest absolute Gasteiger partial charge is 0.250 e. The van der Waals surface area contributed by atoms with E-state index in [4.69, 9.17) is 4.74 Å². The van der Waals surface area contributed by atoms with Gasteiger partial charge in [0.2, 0.25) is 21.7 Å². The van der Waals surface area contributed by atoms with Crippen molar-refractivity contribution >= 4 is 15.8 Å². The maximum Gasteiger partial charge on any atom is 0.250 e. The summed E-state index contributed by atoms with van der Waals surface area (Å²) in [7, 11) is -3.64. The lowest BCUT2D eigenvalue weighted by atomic mass is 9.92. The van der Waals surface area contributed by atoms with Gasteiger partial charge in [0.1, 0.15) is 0 Å². The summed E-state index contributed by atoms with van der Waals surface area (Å²) in [4.78, 5) is 12.1. The third-order valence-corrected chi connectivity index (χ3v) is 3.33. The summed E-state index contributed by atoms with van der Waals surface area (Å²) in [5.41, 5.74) is -0.907. The monoisotopic (exact) mass is 283 g/mol. The molecular weight excluding hydrogens is 270 g/mol. The van der Waals surface area contributed by atoms with Gasteiger partial charge in [-0.3, -0.25) is 9.52 Å². The van der Waals surface area contributed by atoms with Crippen LogP contribution in [0.2, 0.25) is 0 Å². The number of carbonyl (C=O) groups excluding carboxylic acids is 1. The number of hydrogen-bond donors (Lipinski definition) is 2. The highest BCUT2D eigenvalue weighted by molar-refractivity contribution is 7.88. The molecule has 0 radical (unpaired) electrons. The number of carbonyl (C=O) groups is 1. The third-order valence-electron chi connectivity index (χ3n) is 2.77. The van der Waals surface area contributed by atoms with Gasteiger partial charge in [-0.15, -0.1) is 0 Å². The van der Waals surface area contributed by atoms with Crippen LogP contribution in [0.3, 0.4) is 0 Å². The van der Waals surface area contributed by atoms with Gasteiger partial charge < -0.3 is 9.84 Å². The quantitative estimate of drug-likeness (QED) is 0.855. The molecule has 0 aliphatic carbocycles. The molecule has 1 aliphatic rings. The Kier molecular flexibility index (Phi) is 3.01. The SMILES string of the molecule is CC1(c2ccccc2)OC(NS(C)(=O)=O)=C(O)C1=O. The van der Waals surface area contributed by atoms with Crippen molar-refractivity contribution in [3.63, 3.8) is 0 Å². The molecule has 7 heteroatoms. The molecule has 0 spiro atoms. The topological polar surface area (TPSA) is 92.7 Å². The Morgan fingerprint density at radius 1 is 1.26 bits per heavy atom. The van der Waals surface area contributed by atoms with Crippen LogP contribution in [-0.2, 0) is 25.2 Å². The van der Waals surface area contributed by atoms with Crippen molar-refractivity contribution in [2.24, 2.45) is 0 Å². The molecule has 0 bridgehead atoms. The number of sulfonamides is 1. The van der Waals surface area contributed by atoms with Crippen LogP contribution in [0.15, 0.2) is 42.0 Å². The Morgan fingerprint density at radius 3 is 2.37 bits per heavy atom. The number of nitrogens with one attached hydrogen (secondary N) is 1. The van der Waals surface area contributed by atoms with Crippen molar-refractivity contribution in [3.8, 4) is 0 Å². The van der Waals surface area contributed by atoms with Gasteiger partial charge in [0.05, 0.1) is 6.26 Å². The summed E-state index contributed by atoms with van der Waals surface area (Å²) in [6, 6.07) is 8.53. The Bertz CT molecular complexity index is 650. The predicted octanol–water partition coefficient (Wildman–Crippen LogP) is 0.777. The van der Waals surface area contributed by atoms with E-state index in [1.54, 1.807) is 30.3 Å². The zero-order valence-electron chi connectivity index (χ0n) is 10.4. The van der Waals surface area contributed by atoms with Gasteiger partial charge in [-0.05, 0) is 6.92 Å². The number of rotatable bonds is 3. The van der Waals surface area contributed by atoms with Gasteiger partial charge in [0.25, 0.3) is 5.78 Å². The maximum atomic E-state index is 12.1. The first-order valence-corrected chi connectivity index (χ1v) is 7.33. The van der Waals surface area contributed by atoms with Crippen molar-refractivity contribution in [2.45, 2.75) is 12.5 Å². The minimum atomic E-state index is -3.64. The van der Waals surface area contributed by atoms with Crippen molar-refractivity contribution in [1.82, 2.24) is 4.72 Å². The van der Waals surface area contributed by atoms with E-state index in [1.807, 2.05) is 4.72 Å².